The number of aromatic nitrogens is 5. The Hall–Kier alpha value is -4.46. The number of carbonyl (C=O) groups excluding carboxylic acids is 2. The van der Waals surface area contributed by atoms with Crippen molar-refractivity contribution in [1.29, 1.82) is 0 Å². The molecule has 40 heavy (non-hydrogen) atoms. The summed E-state index contributed by atoms with van der Waals surface area (Å²) in [6.45, 7) is 14.5. The van der Waals surface area contributed by atoms with Gasteiger partial charge in [0.2, 0.25) is 5.13 Å². The number of ether oxygens (including phenoxy) is 2. The van der Waals surface area contributed by atoms with Gasteiger partial charge in [-0.05, 0) is 75.7 Å². The van der Waals surface area contributed by atoms with Crippen LogP contribution in [0.2, 0.25) is 0 Å². The molecule has 0 aliphatic rings. The van der Waals surface area contributed by atoms with Crippen molar-refractivity contribution in [2.45, 2.75) is 66.6 Å². The zero-order valence-electron chi connectivity index (χ0n) is 23.5. The summed E-state index contributed by atoms with van der Waals surface area (Å²) >= 11 is 1.04. The molecule has 0 spiro atoms. The number of nitrogens with zero attached hydrogens (tertiary/aromatic N) is 7. The van der Waals surface area contributed by atoms with Gasteiger partial charge in [0.15, 0.2) is 0 Å². The first kappa shape index (κ1) is 30.1. The van der Waals surface area contributed by atoms with E-state index >= 15 is 0 Å². The van der Waals surface area contributed by atoms with Gasteiger partial charge in [-0.3, -0.25) is 0 Å². The van der Waals surface area contributed by atoms with Crippen molar-refractivity contribution >= 4 is 51.1 Å². The maximum absolute atomic E-state index is 13.3. The molecule has 1 aromatic carbocycles. The lowest BCUT2D eigenvalue weighted by Crippen LogP contribution is -2.33. The van der Waals surface area contributed by atoms with Crippen LogP contribution in [0.15, 0.2) is 42.7 Å². The normalized spacial score (nSPS) is 11.4. The van der Waals surface area contributed by atoms with Crippen LogP contribution in [0.4, 0.5) is 26.2 Å². The molecule has 0 aliphatic carbocycles. The number of anilines is 2. The van der Waals surface area contributed by atoms with Gasteiger partial charge in [-0.1, -0.05) is 25.2 Å². The number of pyridine rings is 1. The van der Waals surface area contributed by atoms with Crippen molar-refractivity contribution in [1.82, 2.24) is 25.0 Å². The van der Waals surface area contributed by atoms with E-state index in [1.54, 1.807) is 65.8 Å². The number of hydrogen-bond donors (Lipinski definition) is 0. The highest BCUT2D eigenvalue weighted by Crippen LogP contribution is 2.36. The number of nitro groups is 1. The van der Waals surface area contributed by atoms with Crippen LogP contribution in [0, 0.1) is 10.1 Å². The summed E-state index contributed by atoms with van der Waals surface area (Å²) in [6.07, 6.45) is 1.44. The number of fused-ring (bicyclic) bond motifs is 1. The van der Waals surface area contributed by atoms with Crippen molar-refractivity contribution in [2.24, 2.45) is 0 Å². The Kier molecular flexibility index (Phi) is 8.83. The second-order valence-corrected chi connectivity index (χ2v) is 11.1. The summed E-state index contributed by atoms with van der Waals surface area (Å²) in [5.41, 5.74) is -0.213. The number of amides is 1. The standard InChI is InChI=1S/C24H25N7O6S.C2H6/c1-23(2,3)36-21(32)29(20-28-27-19(38-20)14-9-10-25-18(12-14)31(34)35)16-7-8-17-15(11-16)13-26-30(17)22(33)37-24(4,5)6;1-2/h7-13H,1-6H3;1-2H3. The van der Waals surface area contributed by atoms with Crippen LogP contribution in [0.5, 0.6) is 0 Å². The highest BCUT2D eigenvalue weighted by molar-refractivity contribution is 7.18. The molecule has 212 valence electrons. The highest BCUT2D eigenvalue weighted by Gasteiger charge is 2.29. The average Bonchev–Trinajstić information content (AvgIpc) is 3.51. The van der Waals surface area contributed by atoms with Crippen LogP contribution in [-0.2, 0) is 9.47 Å². The van der Waals surface area contributed by atoms with Gasteiger partial charge in [-0.25, -0.2) is 14.5 Å². The molecule has 4 rings (SSSR count). The third kappa shape index (κ3) is 7.14. The highest BCUT2D eigenvalue weighted by atomic mass is 32.1. The Morgan fingerprint density at radius 3 is 2.30 bits per heavy atom. The fourth-order valence-corrected chi connectivity index (χ4v) is 4.14. The number of hydrogen-bond acceptors (Lipinski definition) is 11. The Morgan fingerprint density at radius 1 is 1.00 bits per heavy atom. The molecule has 0 atom stereocenters. The van der Waals surface area contributed by atoms with E-state index in [0.717, 1.165) is 16.0 Å². The molecule has 0 saturated carbocycles. The van der Waals surface area contributed by atoms with Crippen molar-refractivity contribution in [3.63, 3.8) is 0 Å². The summed E-state index contributed by atoms with van der Waals surface area (Å²) in [6, 6.07) is 7.75. The molecule has 0 fully saturated rings. The summed E-state index contributed by atoms with van der Waals surface area (Å²) in [7, 11) is 0. The smallest absolute Gasteiger partial charge is 0.435 e. The second kappa shape index (κ2) is 11.7. The van der Waals surface area contributed by atoms with Gasteiger partial charge in [0.25, 0.3) is 0 Å². The lowest BCUT2D eigenvalue weighted by Gasteiger charge is -2.25. The average molecular weight is 570 g/mol. The minimum absolute atomic E-state index is 0.174. The van der Waals surface area contributed by atoms with Crippen molar-refractivity contribution in [3.8, 4) is 10.6 Å². The molecule has 14 heteroatoms. The lowest BCUT2D eigenvalue weighted by molar-refractivity contribution is -0.389. The molecule has 0 unspecified atom stereocenters. The molecule has 0 N–H and O–H groups in total. The van der Waals surface area contributed by atoms with Crippen LogP contribution in [-0.4, -0.2) is 53.3 Å². The van der Waals surface area contributed by atoms with Crippen molar-refractivity contribution < 1.29 is 24.0 Å². The largest absolute Gasteiger partial charge is 0.443 e. The topological polar surface area (TPSA) is 155 Å². The fourth-order valence-electron chi connectivity index (χ4n) is 3.29. The summed E-state index contributed by atoms with van der Waals surface area (Å²) in [4.78, 5) is 41.4. The van der Waals surface area contributed by atoms with E-state index in [0.29, 0.717) is 27.2 Å². The Morgan fingerprint density at radius 2 is 1.68 bits per heavy atom. The van der Waals surface area contributed by atoms with Crippen LogP contribution in [0.3, 0.4) is 0 Å². The van der Waals surface area contributed by atoms with Gasteiger partial charge >= 0.3 is 18.0 Å². The van der Waals surface area contributed by atoms with E-state index in [1.807, 2.05) is 13.8 Å². The predicted octanol–water partition coefficient (Wildman–Crippen LogP) is 6.74. The van der Waals surface area contributed by atoms with Gasteiger partial charge in [0.1, 0.15) is 22.4 Å². The molecule has 1 amide bonds. The van der Waals surface area contributed by atoms with E-state index in [9.17, 15) is 19.7 Å². The predicted molar refractivity (Wildman–Crippen MR) is 151 cm³/mol. The molecule has 13 nitrogen and oxygen atoms in total. The van der Waals surface area contributed by atoms with Gasteiger partial charge in [-0.15, -0.1) is 10.2 Å². The van der Waals surface area contributed by atoms with E-state index in [1.165, 1.54) is 23.4 Å². The maximum Gasteiger partial charge on any atom is 0.435 e. The minimum atomic E-state index is -0.805. The number of benzene rings is 1. The Balaban J connectivity index is 0.00000216. The van der Waals surface area contributed by atoms with Crippen LogP contribution in [0.1, 0.15) is 55.4 Å². The second-order valence-electron chi connectivity index (χ2n) is 10.1. The maximum atomic E-state index is 13.3. The van der Waals surface area contributed by atoms with E-state index < -0.39 is 28.3 Å². The van der Waals surface area contributed by atoms with Crippen LogP contribution < -0.4 is 4.90 Å². The zero-order chi connectivity index (χ0) is 29.8. The molecule has 0 bridgehead atoms. The number of carbonyl (C=O) groups is 2. The van der Waals surface area contributed by atoms with Gasteiger partial charge in [0, 0.05) is 17.0 Å². The Bertz CT molecular complexity index is 1530. The number of rotatable bonds is 4. The quantitative estimate of drug-likeness (QED) is 0.190. The van der Waals surface area contributed by atoms with E-state index in [2.05, 4.69) is 20.3 Å². The monoisotopic (exact) mass is 569 g/mol. The Labute approximate surface area is 234 Å². The molecule has 0 radical (unpaired) electrons. The first-order chi connectivity index (χ1) is 18.7. The molecule has 0 aliphatic heterocycles. The van der Waals surface area contributed by atoms with Gasteiger partial charge < -0.3 is 19.6 Å². The summed E-state index contributed by atoms with van der Waals surface area (Å²) < 4.78 is 12.2. The molecule has 3 aromatic heterocycles. The zero-order valence-corrected chi connectivity index (χ0v) is 24.3. The first-order valence-corrected chi connectivity index (χ1v) is 13.2. The first-order valence-electron chi connectivity index (χ1n) is 12.4. The SMILES string of the molecule is CC.CC(C)(C)OC(=O)N(c1ccc2c(cnn2C(=O)OC(C)(C)C)c1)c1nnc(-c2ccnc([N+](=O)[O-])c2)s1. The van der Waals surface area contributed by atoms with E-state index in [4.69, 9.17) is 9.47 Å². The molecule has 3 heterocycles. The van der Waals surface area contributed by atoms with Gasteiger partial charge in [-0.2, -0.15) is 9.78 Å². The lowest BCUT2D eigenvalue weighted by atomic mass is 10.2. The third-order valence-electron chi connectivity index (χ3n) is 4.74. The minimum Gasteiger partial charge on any atom is -0.443 e. The van der Waals surface area contributed by atoms with Crippen LogP contribution in [0.25, 0.3) is 21.5 Å². The van der Waals surface area contributed by atoms with E-state index in [-0.39, 0.29) is 10.9 Å². The van der Waals surface area contributed by atoms with Crippen molar-refractivity contribution in [3.05, 3.63) is 52.8 Å². The molecule has 4 aromatic rings. The molecular weight excluding hydrogens is 538 g/mol. The fraction of sp³-hybridized carbons (Fsp3) is 0.385. The molecule has 0 saturated heterocycles. The van der Waals surface area contributed by atoms with Gasteiger partial charge in [0.05, 0.1) is 17.4 Å². The summed E-state index contributed by atoms with van der Waals surface area (Å²) in [5, 5.41) is 24.6. The summed E-state index contributed by atoms with van der Waals surface area (Å²) in [5.74, 6) is -0.337. The van der Waals surface area contributed by atoms with Crippen LogP contribution >= 0.6 is 11.3 Å². The molecular formula is C26H31N7O6S. The third-order valence-corrected chi connectivity index (χ3v) is 5.69. The van der Waals surface area contributed by atoms with Crippen molar-refractivity contribution in [2.75, 3.05) is 4.90 Å².